The van der Waals surface area contributed by atoms with E-state index in [9.17, 15) is 4.39 Å². The summed E-state index contributed by atoms with van der Waals surface area (Å²) in [6, 6.07) is 6.60. The van der Waals surface area contributed by atoms with Crippen LogP contribution in [0.25, 0.3) is 0 Å². The molecule has 0 aliphatic heterocycles. The molecule has 0 fully saturated rings. The lowest BCUT2D eigenvalue weighted by molar-refractivity contribution is 0.412. The van der Waals surface area contributed by atoms with E-state index < -0.39 is 0 Å². The fourth-order valence-corrected chi connectivity index (χ4v) is 2.25. The predicted molar refractivity (Wildman–Crippen MR) is 77.7 cm³/mol. The zero-order valence-corrected chi connectivity index (χ0v) is 12.2. The van der Waals surface area contributed by atoms with Crippen LogP contribution in [0.1, 0.15) is 10.4 Å². The van der Waals surface area contributed by atoms with E-state index in [2.05, 4.69) is 10.3 Å². The van der Waals surface area contributed by atoms with Crippen molar-refractivity contribution in [2.24, 2.45) is 0 Å². The Morgan fingerprint density at radius 2 is 2.05 bits per heavy atom. The van der Waals surface area contributed by atoms with Crippen LogP contribution >= 0.6 is 23.7 Å². The molecule has 0 radical (unpaired) electrons. The number of thiazole rings is 1. The van der Waals surface area contributed by atoms with Crippen LogP contribution in [0.4, 0.5) is 4.39 Å². The van der Waals surface area contributed by atoms with Crippen LogP contribution in [0.2, 0.25) is 0 Å². The van der Waals surface area contributed by atoms with Crippen LogP contribution < -0.4 is 10.1 Å². The molecule has 6 heteroatoms. The first-order valence-electron chi connectivity index (χ1n) is 5.72. The van der Waals surface area contributed by atoms with Crippen molar-refractivity contribution in [3.63, 3.8) is 0 Å². The monoisotopic (exact) mass is 302 g/mol. The molecular weight excluding hydrogens is 287 g/mol. The Bertz CT molecular complexity index is 490. The van der Waals surface area contributed by atoms with Gasteiger partial charge in [-0.2, -0.15) is 0 Å². The topological polar surface area (TPSA) is 34.1 Å². The highest BCUT2D eigenvalue weighted by molar-refractivity contribution is 7.13. The van der Waals surface area contributed by atoms with Crippen molar-refractivity contribution in [2.75, 3.05) is 13.7 Å². The van der Waals surface area contributed by atoms with Gasteiger partial charge in [0.1, 0.15) is 5.82 Å². The fourth-order valence-electron chi connectivity index (χ4n) is 1.56. The maximum Gasteiger partial charge on any atom is 0.273 e. The largest absolute Gasteiger partial charge is 0.473 e. The smallest absolute Gasteiger partial charge is 0.273 e. The van der Waals surface area contributed by atoms with Crippen molar-refractivity contribution in [1.82, 2.24) is 10.3 Å². The third kappa shape index (κ3) is 5.14. The molecule has 3 nitrogen and oxygen atoms in total. The number of halogens is 2. The number of hydrogen-bond acceptors (Lipinski definition) is 4. The summed E-state index contributed by atoms with van der Waals surface area (Å²) in [5, 5.41) is 4.01. The Labute approximate surface area is 122 Å². The van der Waals surface area contributed by atoms with E-state index in [1.807, 2.05) is 18.3 Å². The first-order chi connectivity index (χ1) is 8.78. The molecule has 0 aliphatic carbocycles. The number of hydrogen-bond donors (Lipinski definition) is 1. The van der Waals surface area contributed by atoms with Gasteiger partial charge in [0.25, 0.3) is 5.19 Å². The summed E-state index contributed by atoms with van der Waals surface area (Å²) in [5.41, 5.74) is 1.13. The third-order valence-electron chi connectivity index (χ3n) is 2.51. The van der Waals surface area contributed by atoms with Crippen LogP contribution in [0, 0.1) is 5.82 Å². The normalized spacial score (nSPS) is 10.0. The highest BCUT2D eigenvalue weighted by Gasteiger charge is 2.00. The fraction of sp³-hybridized carbons (Fsp3) is 0.308. The average molecular weight is 303 g/mol. The summed E-state index contributed by atoms with van der Waals surface area (Å²) in [7, 11) is 1.62. The Morgan fingerprint density at radius 3 is 2.68 bits per heavy atom. The molecule has 0 saturated carbocycles. The van der Waals surface area contributed by atoms with Gasteiger partial charge in [0.15, 0.2) is 0 Å². The lowest BCUT2D eigenvalue weighted by Gasteiger charge is -2.03. The van der Waals surface area contributed by atoms with Gasteiger partial charge < -0.3 is 10.1 Å². The highest BCUT2D eigenvalue weighted by atomic mass is 35.5. The Balaban J connectivity index is 0.00000180. The number of ether oxygens (including phenoxy) is 1. The van der Waals surface area contributed by atoms with Gasteiger partial charge >= 0.3 is 0 Å². The minimum Gasteiger partial charge on any atom is -0.473 e. The lowest BCUT2D eigenvalue weighted by atomic mass is 10.1. The highest BCUT2D eigenvalue weighted by Crippen LogP contribution is 2.19. The van der Waals surface area contributed by atoms with Crippen LogP contribution in [-0.4, -0.2) is 18.6 Å². The number of benzene rings is 1. The minimum atomic E-state index is -0.191. The summed E-state index contributed by atoms with van der Waals surface area (Å²) in [6.45, 7) is 1.63. The van der Waals surface area contributed by atoms with Gasteiger partial charge in [-0.25, -0.2) is 9.37 Å². The van der Waals surface area contributed by atoms with E-state index in [0.29, 0.717) is 5.19 Å². The van der Waals surface area contributed by atoms with Gasteiger partial charge in [-0.05, 0) is 30.7 Å². The van der Waals surface area contributed by atoms with Gasteiger partial charge in [-0.15, -0.1) is 12.4 Å². The maximum absolute atomic E-state index is 12.7. The van der Waals surface area contributed by atoms with Crippen LogP contribution in [0.15, 0.2) is 30.5 Å². The number of aromatic nitrogens is 1. The van der Waals surface area contributed by atoms with Crippen molar-refractivity contribution < 1.29 is 9.13 Å². The van der Waals surface area contributed by atoms with Crippen molar-refractivity contribution in [3.05, 3.63) is 46.7 Å². The molecule has 1 N–H and O–H groups in total. The Kier molecular flexibility index (Phi) is 6.77. The van der Waals surface area contributed by atoms with Gasteiger partial charge in [0.2, 0.25) is 0 Å². The second kappa shape index (κ2) is 8.09. The van der Waals surface area contributed by atoms with Crippen molar-refractivity contribution in [3.8, 4) is 5.19 Å². The van der Waals surface area contributed by atoms with Gasteiger partial charge in [0.05, 0.1) is 7.11 Å². The molecule has 19 heavy (non-hydrogen) atoms. The van der Waals surface area contributed by atoms with Crippen molar-refractivity contribution >= 4 is 23.7 Å². The summed E-state index contributed by atoms with van der Waals surface area (Å²) >= 11 is 1.54. The predicted octanol–water partition coefficient (Wildman–Crippen LogP) is 3.04. The standard InChI is InChI=1S/C13H15FN2OS.ClH/c1-17-13-16-9-12(18-13)8-15-7-6-10-2-4-11(14)5-3-10;/h2-5,9,15H,6-8H2,1H3;1H. The van der Waals surface area contributed by atoms with E-state index in [1.54, 1.807) is 7.11 Å². The minimum absolute atomic E-state index is 0. The zero-order chi connectivity index (χ0) is 12.8. The molecule has 0 aliphatic rings. The maximum atomic E-state index is 12.7. The molecule has 0 atom stereocenters. The summed E-state index contributed by atoms with van der Waals surface area (Å²) in [6.07, 6.45) is 2.70. The Morgan fingerprint density at radius 1 is 1.32 bits per heavy atom. The summed E-state index contributed by atoms with van der Waals surface area (Å²) < 4.78 is 17.7. The summed E-state index contributed by atoms with van der Waals surface area (Å²) in [5.74, 6) is -0.191. The second-order valence-corrected chi connectivity index (χ2v) is 4.93. The second-order valence-electron chi connectivity index (χ2n) is 3.85. The van der Waals surface area contributed by atoms with Gasteiger partial charge in [-0.1, -0.05) is 23.5 Å². The number of rotatable bonds is 6. The molecule has 1 aromatic carbocycles. The third-order valence-corrected chi connectivity index (χ3v) is 3.47. The molecule has 0 saturated heterocycles. The molecule has 0 spiro atoms. The molecular formula is C13H16ClFN2OS. The van der Waals surface area contributed by atoms with E-state index >= 15 is 0 Å². The molecule has 2 rings (SSSR count). The van der Waals surface area contributed by atoms with Crippen LogP contribution in [0.3, 0.4) is 0 Å². The molecule has 0 amide bonds. The first kappa shape index (κ1) is 15.9. The molecule has 2 aromatic rings. The van der Waals surface area contributed by atoms with Crippen LogP contribution in [0.5, 0.6) is 5.19 Å². The average Bonchev–Trinajstić information content (AvgIpc) is 2.85. The van der Waals surface area contributed by atoms with Crippen molar-refractivity contribution in [2.45, 2.75) is 13.0 Å². The summed E-state index contributed by atoms with van der Waals surface area (Å²) in [4.78, 5) is 5.24. The number of nitrogens with one attached hydrogen (secondary N) is 1. The zero-order valence-electron chi connectivity index (χ0n) is 10.6. The van der Waals surface area contributed by atoms with Gasteiger partial charge in [0, 0.05) is 17.6 Å². The molecule has 1 heterocycles. The first-order valence-corrected chi connectivity index (χ1v) is 6.53. The molecule has 0 bridgehead atoms. The van der Waals surface area contributed by atoms with E-state index in [-0.39, 0.29) is 18.2 Å². The molecule has 104 valence electrons. The van der Waals surface area contributed by atoms with Gasteiger partial charge in [-0.3, -0.25) is 0 Å². The van der Waals surface area contributed by atoms with E-state index in [0.717, 1.165) is 30.0 Å². The van der Waals surface area contributed by atoms with E-state index in [4.69, 9.17) is 4.74 Å². The van der Waals surface area contributed by atoms with E-state index in [1.165, 1.54) is 23.5 Å². The molecule has 0 unspecified atom stereocenters. The number of methoxy groups -OCH3 is 1. The van der Waals surface area contributed by atoms with Crippen molar-refractivity contribution in [1.29, 1.82) is 0 Å². The SMILES string of the molecule is COc1ncc(CNCCc2ccc(F)cc2)s1.Cl. The quantitative estimate of drug-likeness (QED) is 0.833. The molecule has 1 aromatic heterocycles. The van der Waals surface area contributed by atoms with Crippen LogP contribution in [-0.2, 0) is 13.0 Å². The lowest BCUT2D eigenvalue weighted by Crippen LogP contribution is -2.15. The number of nitrogens with zero attached hydrogens (tertiary/aromatic N) is 1. The Hall–Kier alpha value is -1.17.